The Bertz CT molecular complexity index is 719. The van der Waals surface area contributed by atoms with Gasteiger partial charge in [0.25, 0.3) is 0 Å². The summed E-state index contributed by atoms with van der Waals surface area (Å²) in [5.74, 6) is -0.484. The van der Waals surface area contributed by atoms with E-state index in [1.165, 1.54) is 12.3 Å². The Kier molecular flexibility index (Phi) is 7.35. The molecule has 1 heterocycles. The van der Waals surface area contributed by atoms with Crippen molar-refractivity contribution in [3.05, 3.63) is 55.3 Å². The maximum Gasteiger partial charge on any atom is 0.397 e. The van der Waals surface area contributed by atoms with Gasteiger partial charge in [0.05, 0.1) is 12.6 Å². The van der Waals surface area contributed by atoms with Gasteiger partial charge in [-0.1, -0.05) is 21.4 Å². The molecule has 14 heteroatoms. The summed E-state index contributed by atoms with van der Waals surface area (Å²) < 4.78 is 41.3. The molecule has 1 aliphatic heterocycles. The van der Waals surface area contributed by atoms with E-state index in [4.69, 9.17) is 16.6 Å². The summed E-state index contributed by atoms with van der Waals surface area (Å²) in [4.78, 5) is 18.8. The number of allylic oxidation sites excluding steroid dienone is 2. The Morgan fingerprint density at radius 3 is 2.19 bits per heavy atom. The lowest BCUT2D eigenvalue weighted by atomic mass is 9.77. The number of carbonyl (C=O) groups excluding carboxylic acids is 1. The number of nitrogens with zero attached hydrogens (tertiary/aromatic N) is 9. The maximum atomic E-state index is 13.8. The van der Waals surface area contributed by atoms with Gasteiger partial charge in [0.2, 0.25) is 0 Å². The van der Waals surface area contributed by atoms with Crippen molar-refractivity contribution in [1.82, 2.24) is 5.32 Å². The number of Topliss-reactive ketones (excluding diaryl/α,β-unsaturated/α-hetero) is 1. The van der Waals surface area contributed by atoms with Gasteiger partial charge in [-0.05, 0) is 34.4 Å². The number of rotatable bonds is 9. The summed E-state index contributed by atoms with van der Waals surface area (Å²) in [5, 5.41) is 11.6. The van der Waals surface area contributed by atoms with Crippen LogP contribution in [0.3, 0.4) is 0 Å². The minimum Gasteiger partial charge on any atom is -0.384 e. The average Bonchev–Trinajstić information content (AvgIpc) is 2.59. The number of alkyl halides is 3. The Hall–Kier alpha value is -3.33. The molecule has 1 rings (SSSR count). The third-order valence-electron chi connectivity index (χ3n) is 3.66. The first-order valence-corrected chi connectivity index (χ1v) is 7.05. The number of nitrogens with one attached hydrogen (secondary N) is 1. The molecule has 0 aliphatic carbocycles. The summed E-state index contributed by atoms with van der Waals surface area (Å²) in [5.41, 5.74) is 22.6. The van der Waals surface area contributed by atoms with Gasteiger partial charge in [0, 0.05) is 34.2 Å². The summed E-state index contributed by atoms with van der Waals surface area (Å²) in [6.45, 7) is -2.44. The highest BCUT2D eigenvalue weighted by molar-refractivity contribution is 5.83. The fourth-order valence-electron chi connectivity index (χ4n) is 2.33. The van der Waals surface area contributed by atoms with Crippen molar-refractivity contribution < 1.29 is 18.0 Å². The first-order chi connectivity index (χ1) is 12.3. The quantitative estimate of drug-likeness (QED) is 0.369. The van der Waals surface area contributed by atoms with Crippen LogP contribution >= 0.6 is 0 Å². The summed E-state index contributed by atoms with van der Waals surface area (Å²) in [6, 6.07) is -1.44. The predicted octanol–water partition coefficient (Wildman–Crippen LogP) is 3.84. The summed E-state index contributed by atoms with van der Waals surface area (Å²) >= 11 is 0. The van der Waals surface area contributed by atoms with Crippen LogP contribution < -0.4 is 5.32 Å². The zero-order chi connectivity index (χ0) is 19.6. The fourth-order valence-corrected chi connectivity index (χ4v) is 2.33. The highest BCUT2D eigenvalue weighted by atomic mass is 19.4. The lowest BCUT2D eigenvalue weighted by molar-refractivity contribution is -0.222. The highest BCUT2D eigenvalue weighted by Crippen LogP contribution is 2.43. The molecule has 11 nitrogen and oxygen atoms in total. The number of dihydropyridines is 1. The second-order valence-electron chi connectivity index (χ2n) is 5.26. The molecule has 0 aromatic rings. The molecule has 0 fully saturated rings. The summed E-state index contributed by atoms with van der Waals surface area (Å²) in [7, 11) is 0. The molecule has 1 N–H and O–H groups in total. The third kappa shape index (κ3) is 5.08. The molecule has 0 bridgehead atoms. The van der Waals surface area contributed by atoms with Crippen LogP contribution in [0.25, 0.3) is 31.3 Å². The minimum atomic E-state index is -4.88. The zero-order valence-electron chi connectivity index (χ0n) is 13.2. The fraction of sp³-hybridized carbons (Fsp3) is 0.583. The van der Waals surface area contributed by atoms with Crippen molar-refractivity contribution in [2.45, 2.75) is 18.6 Å². The molecule has 0 aromatic carbocycles. The lowest BCUT2D eigenvalue weighted by Gasteiger charge is -2.40. The minimum absolute atomic E-state index is 0.245. The van der Waals surface area contributed by atoms with Gasteiger partial charge in [-0.2, -0.15) is 13.2 Å². The predicted molar refractivity (Wildman–Crippen MR) is 84.3 cm³/mol. The molecule has 0 saturated heterocycles. The molecule has 0 radical (unpaired) electrons. The van der Waals surface area contributed by atoms with E-state index in [0.29, 0.717) is 0 Å². The number of hydrogen-bond donors (Lipinski definition) is 1. The van der Waals surface area contributed by atoms with Crippen molar-refractivity contribution in [2.75, 3.05) is 19.6 Å². The van der Waals surface area contributed by atoms with E-state index in [0.717, 1.165) is 6.08 Å². The van der Waals surface area contributed by atoms with Crippen LogP contribution in [0.15, 0.2) is 39.3 Å². The summed E-state index contributed by atoms with van der Waals surface area (Å²) in [6.07, 6.45) is -1.36. The lowest BCUT2D eigenvalue weighted by Crippen LogP contribution is -2.56. The molecule has 0 aromatic heterocycles. The Labute approximate surface area is 144 Å². The van der Waals surface area contributed by atoms with E-state index >= 15 is 0 Å². The largest absolute Gasteiger partial charge is 0.397 e. The average molecular weight is 370 g/mol. The molecule has 26 heavy (non-hydrogen) atoms. The second-order valence-corrected chi connectivity index (χ2v) is 5.26. The standard InChI is InChI=1S/C12H13F3N10O/c13-12(14,15)11(6-21-24-17,7-22-25-18)10-4-8(1-2-19-10)3-9(26)5-20-23-16/h1-2,4,10,19H,3,5-7H2. The first kappa shape index (κ1) is 20.7. The number of azide groups is 3. The third-order valence-corrected chi connectivity index (χ3v) is 3.66. The smallest absolute Gasteiger partial charge is 0.384 e. The van der Waals surface area contributed by atoms with Crippen LogP contribution in [-0.2, 0) is 4.79 Å². The number of ketones is 1. The molecule has 1 unspecified atom stereocenters. The van der Waals surface area contributed by atoms with E-state index < -0.39 is 43.1 Å². The normalized spacial score (nSPS) is 18.1. The molecular formula is C12H13F3N10O. The van der Waals surface area contributed by atoms with Gasteiger partial charge in [-0.15, -0.1) is 0 Å². The van der Waals surface area contributed by atoms with E-state index in [-0.39, 0.29) is 12.0 Å². The van der Waals surface area contributed by atoms with Gasteiger partial charge in [0.1, 0.15) is 11.2 Å². The molecule has 1 atom stereocenters. The molecule has 138 valence electrons. The Morgan fingerprint density at radius 1 is 1.12 bits per heavy atom. The topological polar surface area (TPSA) is 175 Å². The van der Waals surface area contributed by atoms with Crippen molar-refractivity contribution in [1.29, 1.82) is 0 Å². The van der Waals surface area contributed by atoms with Crippen LogP contribution in [0.5, 0.6) is 0 Å². The zero-order valence-corrected chi connectivity index (χ0v) is 13.2. The SMILES string of the molecule is [N-]=[N+]=NCC(=O)CC1=CC(C(CN=[N+]=[N-])(CN=[N+]=[N-])C(F)(F)F)NC=C1. The van der Waals surface area contributed by atoms with Crippen LogP contribution in [0.4, 0.5) is 13.2 Å². The van der Waals surface area contributed by atoms with Crippen LogP contribution in [0, 0.1) is 5.41 Å². The van der Waals surface area contributed by atoms with E-state index in [2.05, 4.69) is 35.4 Å². The molecule has 1 aliphatic rings. The molecular weight excluding hydrogens is 357 g/mol. The van der Waals surface area contributed by atoms with Crippen molar-refractivity contribution >= 4 is 5.78 Å². The van der Waals surface area contributed by atoms with Gasteiger partial charge in [-0.3, -0.25) is 4.79 Å². The monoisotopic (exact) mass is 370 g/mol. The number of halogens is 3. The van der Waals surface area contributed by atoms with E-state index in [1.807, 2.05) is 0 Å². The van der Waals surface area contributed by atoms with Crippen LogP contribution in [0.2, 0.25) is 0 Å². The van der Waals surface area contributed by atoms with E-state index in [9.17, 15) is 18.0 Å². The highest BCUT2D eigenvalue weighted by Gasteiger charge is 2.58. The van der Waals surface area contributed by atoms with E-state index in [1.54, 1.807) is 0 Å². The van der Waals surface area contributed by atoms with Crippen molar-refractivity contribution in [3.8, 4) is 0 Å². The molecule has 0 spiro atoms. The van der Waals surface area contributed by atoms with Crippen LogP contribution in [0.1, 0.15) is 6.42 Å². The first-order valence-electron chi connectivity index (χ1n) is 7.05. The maximum absolute atomic E-state index is 13.8. The van der Waals surface area contributed by atoms with Gasteiger partial charge < -0.3 is 5.32 Å². The second kappa shape index (κ2) is 9.23. The van der Waals surface area contributed by atoms with Gasteiger partial charge >= 0.3 is 6.18 Å². The van der Waals surface area contributed by atoms with Crippen molar-refractivity contribution in [2.24, 2.45) is 20.8 Å². The molecule has 0 saturated carbocycles. The number of carbonyl (C=O) groups is 1. The van der Waals surface area contributed by atoms with Gasteiger partial charge in [0.15, 0.2) is 0 Å². The molecule has 0 amide bonds. The van der Waals surface area contributed by atoms with Gasteiger partial charge in [-0.25, -0.2) is 0 Å². The Morgan fingerprint density at radius 2 is 1.69 bits per heavy atom. The Balaban J connectivity index is 3.25. The number of hydrogen-bond acceptors (Lipinski definition) is 5. The van der Waals surface area contributed by atoms with Crippen molar-refractivity contribution in [3.63, 3.8) is 0 Å². The van der Waals surface area contributed by atoms with Crippen LogP contribution in [-0.4, -0.2) is 37.6 Å².